The molecule has 1 aromatic heterocycles. The van der Waals surface area contributed by atoms with E-state index in [1.807, 2.05) is 31.2 Å². The predicted molar refractivity (Wildman–Crippen MR) is 116 cm³/mol. The fourth-order valence-corrected chi connectivity index (χ4v) is 3.08. The Kier molecular flexibility index (Phi) is 5.77. The molecule has 7 heteroatoms. The Morgan fingerprint density at radius 3 is 2.83 bits per heavy atom. The van der Waals surface area contributed by atoms with E-state index in [4.69, 9.17) is 21.1 Å². The molecule has 6 nitrogen and oxygen atoms in total. The average molecular weight is 420 g/mol. The van der Waals surface area contributed by atoms with Crippen LogP contribution in [0.1, 0.15) is 11.1 Å². The number of anilines is 1. The molecule has 30 heavy (non-hydrogen) atoms. The molecule has 0 atom stereocenters. The summed E-state index contributed by atoms with van der Waals surface area (Å²) in [6.07, 6.45) is 8.38. The van der Waals surface area contributed by atoms with Crippen molar-refractivity contribution in [1.29, 1.82) is 0 Å². The van der Waals surface area contributed by atoms with Crippen molar-refractivity contribution in [3.63, 3.8) is 0 Å². The van der Waals surface area contributed by atoms with E-state index in [1.165, 1.54) is 6.08 Å². The Labute approximate surface area is 178 Å². The van der Waals surface area contributed by atoms with E-state index in [9.17, 15) is 4.79 Å². The van der Waals surface area contributed by atoms with Gasteiger partial charge in [-0.15, -0.1) is 0 Å². The second kappa shape index (κ2) is 8.80. The summed E-state index contributed by atoms with van der Waals surface area (Å²) >= 11 is 6.03. The van der Waals surface area contributed by atoms with Gasteiger partial charge in [-0.25, -0.2) is 9.97 Å². The highest BCUT2D eigenvalue weighted by molar-refractivity contribution is 6.30. The number of benzene rings is 2. The third-order valence-electron chi connectivity index (χ3n) is 4.36. The van der Waals surface area contributed by atoms with Crippen LogP contribution in [0.3, 0.4) is 0 Å². The maximum Gasteiger partial charge on any atom is 0.321 e. The number of rotatable bonds is 5. The van der Waals surface area contributed by atoms with E-state index in [1.54, 1.807) is 42.7 Å². The van der Waals surface area contributed by atoms with Crippen molar-refractivity contribution in [3.8, 4) is 17.5 Å². The molecule has 1 aliphatic rings. The Morgan fingerprint density at radius 1 is 1.20 bits per heavy atom. The van der Waals surface area contributed by atoms with E-state index in [0.29, 0.717) is 23.1 Å². The summed E-state index contributed by atoms with van der Waals surface area (Å²) in [5.41, 5.74) is 3.32. The lowest BCUT2D eigenvalue weighted by Gasteiger charge is -2.16. The van der Waals surface area contributed by atoms with Crippen molar-refractivity contribution in [2.24, 2.45) is 0 Å². The van der Waals surface area contributed by atoms with Crippen LogP contribution in [0, 0.1) is 6.92 Å². The lowest BCUT2D eigenvalue weighted by atomic mass is 10.1. The van der Waals surface area contributed by atoms with Gasteiger partial charge in [0.15, 0.2) is 0 Å². The molecule has 0 radical (unpaired) electrons. The molecule has 0 fully saturated rings. The summed E-state index contributed by atoms with van der Waals surface area (Å²) in [5, 5.41) is 3.50. The molecule has 0 unspecified atom stereocenters. The standard InChI is InChI=1S/C23H18ClN3O3/c1-15-11-19(30-23-25-9-2-10-26-23)5-6-20(15)27-22(28)8-3-16-12-17-13-18(24)4-7-21(17)29-14-16/h2-13H,14H2,1H3,(H,27,28). The monoisotopic (exact) mass is 419 g/mol. The van der Waals surface area contributed by atoms with E-state index in [0.717, 1.165) is 22.4 Å². The van der Waals surface area contributed by atoms with E-state index in [2.05, 4.69) is 15.3 Å². The number of carbonyl (C=O) groups excluding carboxylic acids is 1. The van der Waals surface area contributed by atoms with Gasteiger partial charge in [-0.1, -0.05) is 17.7 Å². The number of fused-ring (bicyclic) bond motifs is 1. The molecule has 1 aliphatic heterocycles. The summed E-state index contributed by atoms with van der Waals surface area (Å²) in [6, 6.07) is 12.8. The van der Waals surface area contributed by atoms with E-state index in [-0.39, 0.29) is 11.9 Å². The molecule has 0 bridgehead atoms. The van der Waals surface area contributed by atoms with Crippen LogP contribution < -0.4 is 14.8 Å². The summed E-state index contributed by atoms with van der Waals surface area (Å²) in [5.74, 6) is 1.13. The molecule has 1 N–H and O–H groups in total. The minimum atomic E-state index is -0.240. The van der Waals surface area contributed by atoms with Crippen LogP contribution >= 0.6 is 11.6 Å². The summed E-state index contributed by atoms with van der Waals surface area (Å²) in [6.45, 7) is 2.28. The van der Waals surface area contributed by atoms with Gasteiger partial charge in [0, 0.05) is 34.7 Å². The quantitative estimate of drug-likeness (QED) is 0.575. The molecular formula is C23H18ClN3O3. The van der Waals surface area contributed by atoms with Crippen LogP contribution in [0.4, 0.5) is 5.69 Å². The van der Waals surface area contributed by atoms with E-state index < -0.39 is 0 Å². The van der Waals surface area contributed by atoms with Gasteiger partial charge in [-0.2, -0.15) is 0 Å². The predicted octanol–water partition coefficient (Wildman–Crippen LogP) is 5.20. The van der Waals surface area contributed by atoms with E-state index >= 15 is 0 Å². The first-order valence-corrected chi connectivity index (χ1v) is 9.62. The first-order chi connectivity index (χ1) is 14.6. The van der Waals surface area contributed by atoms with Gasteiger partial charge in [-0.05, 0) is 66.6 Å². The molecule has 2 aromatic carbocycles. The fraction of sp³-hybridized carbons (Fsp3) is 0.0870. The lowest BCUT2D eigenvalue weighted by Crippen LogP contribution is -2.10. The molecule has 2 heterocycles. The van der Waals surface area contributed by atoms with Crippen molar-refractivity contribution in [2.75, 3.05) is 11.9 Å². The van der Waals surface area contributed by atoms with Crippen LogP contribution in [-0.2, 0) is 4.79 Å². The number of aryl methyl sites for hydroxylation is 1. The number of ether oxygens (including phenoxy) is 2. The summed E-state index contributed by atoms with van der Waals surface area (Å²) in [7, 11) is 0. The molecule has 3 aromatic rings. The third kappa shape index (κ3) is 4.85. The highest BCUT2D eigenvalue weighted by Crippen LogP contribution is 2.29. The number of aromatic nitrogens is 2. The molecule has 1 amide bonds. The second-order valence-electron chi connectivity index (χ2n) is 6.62. The van der Waals surface area contributed by atoms with Crippen LogP contribution in [0.25, 0.3) is 6.08 Å². The SMILES string of the molecule is Cc1cc(Oc2ncccn2)ccc1NC(=O)C=CC1=Cc2cc(Cl)ccc2OC1. The van der Waals surface area contributed by atoms with Gasteiger partial charge in [0.2, 0.25) is 5.91 Å². The Hall–Kier alpha value is -3.64. The van der Waals surface area contributed by atoms with Gasteiger partial charge in [-0.3, -0.25) is 4.79 Å². The number of nitrogens with one attached hydrogen (secondary N) is 1. The first-order valence-electron chi connectivity index (χ1n) is 9.24. The van der Waals surface area contributed by atoms with Crippen molar-refractivity contribution >= 4 is 29.3 Å². The Morgan fingerprint density at radius 2 is 2.03 bits per heavy atom. The van der Waals surface area contributed by atoms with Crippen LogP contribution in [0.5, 0.6) is 17.5 Å². The molecule has 0 spiro atoms. The zero-order chi connectivity index (χ0) is 20.9. The topological polar surface area (TPSA) is 73.3 Å². The molecule has 0 saturated carbocycles. The molecule has 0 saturated heterocycles. The molecule has 0 aliphatic carbocycles. The first kappa shape index (κ1) is 19.7. The third-order valence-corrected chi connectivity index (χ3v) is 4.60. The minimum Gasteiger partial charge on any atom is -0.488 e. The van der Waals surface area contributed by atoms with Crippen molar-refractivity contribution < 1.29 is 14.3 Å². The lowest BCUT2D eigenvalue weighted by molar-refractivity contribution is -0.111. The fourth-order valence-electron chi connectivity index (χ4n) is 2.90. The van der Waals surface area contributed by atoms with Crippen LogP contribution in [0.2, 0.25) is 5.02 Å². The van der Waals surface area contributed by atoms with Gasteiger partial charge < -0.3 is 14.8 Å². The zero-order valence-electron chi connectivity index (χ0n) is 16.1. The van der Waals surface area contributed by atoms with Gasteiger partial charge in [0.25, 0.3) is 0 Å². The minimum absolute atomic E-state index is 0.240. The molecule has 150 valence electrons. The maximum atomic E-state index is 12.3. The van der Waals surface area contributed by atoms with Crippen LogP contribution in [-0.4, -0.2) is 22.5 Å². The number of carbonyl (C=O) groups is 1. The molecule has 4 rings (SSSR count). The van der Waals surface area contributed by atoms with Crippen molar-refractivity contribution in [3.05, 3.63) is 88.7 Å². The molecular weight excluding hydrogens is 402 g/mol. The summed E-state index contributed by atoms with van der Waals surface area (Å²) in [4.78, 5) is 20.4. The Balaban J connectivity index is 1.40. The average Bonchev–Trinajstić information content (AvgIpc) is 2.74. The Bertz CT molecular complexity index is 1140. The number of amides is 1. The largest absolute Gasteiger partial charge is 0.488 e. The van der Waals surface area contributed by atoms with Gasteiger partial charge in [0.1, 0.15) is 18.1 Å². The van der Waals surface area contributed by atoms with Gasteiger partial charge in [0.05, 0.1) is 0 Å². The van der Waals surface area contributed by atoms with Crippen molar-refractivity contribution in [2.45, 2.75) is 6.92 Å². The second-order valence-corrected chi connectivity index (χ2v) is 7.06. The smallest absolute Gasteiger partial charge is 0.321 e. The number of nitrogens with zero attached hydrogens (tertiary/aromatic N) is 2. The highest BCUT2D eigenvalue weighted by Gasteiger charge is 2.11. The number of hydrogen-bond acceptors (Lipinski definition) is 5. The highest BCUT2D eigenvalue weighted by atomic mass is 35.5. The van der Waals surface area contributed by atoms with Gasteiger partial charge >= 0.3 is 6.01 Å². The van der Waals surface area contributed by atoms with Crippen LogP contribution in [0.15, 0.2) is 72.6 Å². The zero-order valence-corrected chi connectivity index (χ0v) is 16.9. The summed E-state index contributed by atoms with van der Waals surface area (Å²) < 4.78 is 11.3. The maximum absolute atomic E-state index is 12.3. The number of hydrogen-bond donors (Lipinski definition) is 1. The normalized spacial score (nSPS) is 12.7. The van der Waals surface area contributed by atoms with Crippen molar-refractivity contribution in [1.82, 2.24) is 9.97 Å². The number of halogens is 1.